The molecule has 0 saturated carbocycles. The third-order valence-electron chi connectivity index (χ3n) is 3.99. The van der Waals surface area contributed by atoms with Crippen molar-refractivity contribution in [3.05, 3.63) is 29.8 Å². The van der Waals surface area contributed by atoms with E-state index in [0.29, 0.717) is 5.92 Å². The molecule has 0 bridgehead atoms. The molecule has 1 fully saturated rings. The first-order valence-electron chi connectivity index (χ1n) is 7.93. The van der Waals surface area contributed by atoms with Gasteiger partial charge in [0.05, 0.1) is 6.04 Å². The molecule has 2 unspecified atom stereocenters. The monoisotopic (exact) mass is 321 g/mol. The van der Waals surface area contributed by atoms with Gasteiger partial charge in [0.25, 0.3) is 0 Å². The van der Waals surface area contributed by atoms with Crippen LogP contribution < -0.4 is 0 Å². The van der Waals surface area contributed by atoms with E-state index in [9.17, 15) is 4.79 Å². The van der Waals surface area contributed by atoms with E-state index in [0.717, 1.165) is 19.4 Å². The van der Waals surface area contributed by atoms with Gasteiger partial charge in [-0.25, -0.2) is 4.79 Å². The van der Waals surface area contributed by atoms with Crippen molar-refractivity contribution in [2.75, 3.05) is 12.8 Å². The SMILES string of the molecule is CSc1ccc(C2CC(C)CCN2C(=O)OC(C)(C)C)cc1. The molecule has 1 aromatic carbocycles. The van der Waals surface area contributed by atoms with Gasteiger partial charge in [-0.15, -0.1) is 11.8 Å². The third kappa shape index (κ3) is 4.42. The van der Waals surface area contributed by atoms with Crippen LogP contribution in [0.2, 0.25) is 0 Å². The van der Waals surface area contributed by atoms with Crippen molar-refractivity contribution in [3.63, 3.8) is 0 Å². The standard InChI is InChI=1S/C18H27NO2S/c1-13-10-11-19(17(20)21-18(2,3)4)16(12-13)14-6-8-15(22-5)9-7-14/h6-9,13,16H,10-12H2,1-5H3. The quantitative estimate of drug-likeness (QED) is 0.708. The fraction of sp³-hybridized carbons (Fsp3) is 0.611. The van der Waals surface area contributed by atoms with Crippen molar-refractivity contribution in [2.24, 2.45) is 5.92 Å². The lowest BCUT2D eigenvalue weighted by molar-refractivity contribution is 0.00512. The van der Waals surface area contributed by atoms with E-state index in [1.807, 2.05) is 25.7 Å². The van der Waals surface area contributed by atoms with Crippen molar-refractivity contribution < 1.29 is 9.53 Å². The third-order valence-corrected chi connectivity index (χ3v) is 4.74. The second kappa shape index (κ2) is 6.95. The van der Waals surface area contributed by atoms with Gasteiger partial charge in [0.15, 0.2) is 0 Å². The maximum absolute atomic E-state index is 12.5. The number of piperidine rings is 1. The highest BCUT2D eigenvalue weighted by atomic mass is 32.2. The molecule has 1 amide bonds. The number of amides is 1. The minimum atomic E-state index is -0.451. The topological polar surface area (TPSA) is 29.5 Å². The van der Waals surface area contributed by atoms with Gasteiger partial charge in [-0.1, -0.05) is 19.1 Å². The second-order valence-electron chi connectivity index (χ2n) is 7.09. The van der Waals surface area contributed by atoms with E-state index < -0.39 is 5.60 Å². The summed E-state index contributed by atoms with van der Waals surface area (Å²) in [6.45, 7) is 8.78. The molecule has 0 aliphatic carbocycles. The molecule has 4 heteroatoms. The first-order chi connectivity index (χ1) is 10.3. The number of rotatable bonds is 2. The molecule has 0 radical (unpaired) electrons. The Morgan fingerprint density at radius 2 is 1.91 bits per heavy atom. The number of nitrogens with zero attached hydrogens (tertiary/aromatic N) is 1. The van der Waals surface area contributed by atoms with Gasteiger partial charge >= 0.3 is 6.09 Å². The van der Waals surface area contributed by atoms with Crippen molar-refractivity contribution in [1.82, 2.24) is 4.90 Å². The summed E-state index contributed by atoms with van der Waals surface area (Å²) in [6, 6.07) is 8.67. The smallest absolute Gasteiger partial charge is 0.410 e. The summed E-state index contributed by atoms with van der Waals surface area (Å²) in [6.07, 6.45) is 3.92. The van der Waals surface area contributed by atoms with Crippen molar-refractivity contribution in [2.45, 2.75) is 57.1 Å². The first-order valence-corrected chi connectivity index (χ1v) is 9.16. The Kier molecular flexibility index (Phi) is 5.43. The van der Waals surface area contributed by atoms with Crippen LogP contribution in [-0.4, -0.2) is 29.4 Å². The highest BCUT2D eigenvalue weighted by Gasteiger charge is 2.33. The van der Waals surface area contributed by atoms with Gasteiger partial charge in [-0.05, 0) is 63.5 Å². The first kappa shape index (κ1) is 17.2. The summed E-state index contributed by atoms with van der Waals surface area (Å²) in [4.78, 5) is 15.7. The summed E-state index contributed by atoms with van der Waals surface area (Å²) >= 11 is 1.73. The Hall–Kier alpha value is -1.16. The van der Waals surface area contributed by atoms with Gasteiger partial charge in [0.1, 0.15) is 5.60 Å². The van der Waals surface area contributed by atoms with E-state index >= 15 is 0 Å². The van der Waals surface area contributed by atoms with Crippen molar-refractivity contribution >= 4 is 17.9 Å². The van der Waals surface area contributed by atoms with Crippen LogP contribution in [0.1, 0.15) is 52.1 Å². The molecule has 122 valence electrons. The summed E-state index contributed by atoms with van der Waals surface area (Å²) in [5.74, 6) is 0.629. The van der Waals surface area contributed by atoms with Gasteiger partial charge in [-0.2, -0.15) is 0 Å². The lowest BCUT2D eigenvalue weighted by Crippen LogP contribution is -2.43. The van der Waals surface area contributed by atoms with Crippen LogP contribution >= 0.6 is 11.8 Å². The fourth-order valence-electron chi connectivity index (χ4n) is 2.82. The lowest BCUT2D eigenvalue weighted by atomic mass is 9.88. The van der Waals surface area contributed by atoms with E-state index in [-0.39, 0.29) is 12.1 Å². The molecule has 1 aliphatic heterocycles. The second-order valence-corrected chi connectivity index (χ2v) is 7.97. The van der Waals surface area contributed by atoms with E-state index in [2.05, 4.69) is 37.4 Å². The molecular formula is C18H27NO2S. The average molecular weight is 321 g/mol. The Balaban J connectivity index is 2.20. The average Bonchev–Trinajstić information content (AvgIpc) is 2.45. The number of hydrogen-bond acceptors (Lipinski definition) is 3. The van der Waals surface area contributed by atoms with Gasteiger partial charge in [-0.3, -0.25) is 0 Å². The van der Waals surface area contributed by atoms with Crippen molar-refractivity contribution in [3.8, 4) is 0 Å². The number of benzene rings is 1. The molecule has 2 atom stereocenters. The summed E-state index contributed by atoms with van der Waals surface area (Å²) in [5.41, 5.74) is 0.753. The highest BCUT2D eigenvalue weighted by Crippen LogP contribution is 2.35. The van der Waals surface area contributed by atoms with Crippen LogP contribution in [0.25, 0.3) is 0 Å². The van der Waals surface area contributed by atoms with Crippen LogP contribution in [0.5, 0.6) is 0 Å². The number of carbonyl (C=O) groups excluding carboxylic acids is 1. The number of carbonyl (C=O) groups is 1. The molecule has 1 heterocycles. The zero-order valence-electron chi connectivity index (χ0n) is 14.3. The van der Waals surface area contributed by atoms with Crippen LogP contribution in [0.15, 0.2) is 29.2 Å². The minimum Gasteiger partial charge on any atom is -0.444 e. The Morgan fingerprint density at radius 1 is 1.27 bits per heavy atom. The predicted octanol–water partition coefficient (Wildman–Crippen LogP) is 5.12. The molecule has 3 nitrogen and oxygen atoms in total. The highest BCUT2D eigenvalue weighted by molar-refractivity contribution is 7.98. The van der Waals surface area contributed by atoms with Crippen molar-refractivity contribution in [1.29, 1.82) is 0 Å². The minimum absolute atomic E-state index is 0.120. The molecular weight excluding hydrogens is 294 g/mol. The van der Waals surface area contributed by atoms with Gasteiger partial charge in [0.2, 0.25) is 0 Å². The molecule has 1 aromatic rings. The summed E-state index contributed by atoms with van der Waals surface area (Å²) in [5, 5.41) is 0. The van der Waals surface area contributed by atoms with Crippen LogP contribution in [0, 0.1) is 5.92 Å². The Labute approximate surface area is 138 Å². The van der Waals surface area contributed by atoms with Crippen LogP contribution in [0.4, 0.5) is 4.79 Å². The predicted molar refractivity (Wildman–Crippen MR) is 92.3 cm³/mol. The molecule has 1 saturated heterocycles. The summed E-state index contributed by atoms with van der Waals surface area (Å²) < 4.78 is 5.59. The molecule has 2 rings (SSSR count). The molecule has 0 N–H and O–H groups in total. The molecule has 0 spiro atoms. The zero-order chi connectivity index (χ0) is 16.3. The van der Waals surface area contributed by atoms with E-state index in [4.69, 9.17) is 4.74 Å². The fourth-order valence-corrected chi connectivity index (χ4v) is 3.23. The lowest BCUT2D eigenvalue weighted by Gasteiger charge is -2.39. The molecule has 1 aliphatic rings. The normalized spacial score (nSPS) is 22.5. The van der Waals surface area contributed by atoms with E-state index in [1.54, 1.807) is 11.8 Å². The van der Waals surface area contributed by atoms with Gasteiger partial charge < -0.3 is 9.64 Å². The van der Waals surface area contributed by atoms with Crippen LogP contribution in [0.3, 0.4) is 0 Å². The Morgan fingerprint density at radius 3 is 2.45 bits per heavy atom. The summed E-state index contributed by atoms with van der Waals surface area (Å²) in [7, 11) is 0. The number of likely N-dealkylation sites (tertiary alicyclic amines) is 1. The van der Waals surface area contributed by atoms with Crippen LogP contribution in [-0.2, 0) is 4.74 Å². The zero-order valence-corrected chi connectivity index (χ0v) is 15.1. The number of ether oxygens (including phenoxy) is 1. The van der Waals surface area contributed by atoms with Gasteiger partial charge in [0, 0.05) is 11.4 Å². The maximum atomic E-state index is 12.5. The number of thioether (sulfide) groups is 1. The number of hydrogen-bond donors (Lipinski definition) is 0. The largest absolute Gasteiger partial charge is 0.444 e. The Bertz CT molecular complexity index is 507. The molecule has 0 aromatic heterocycles. The molecule has 22 heavy (non-hydrogen) atoms. The maximum Gasteiger partial charge on any atom is 0.410 e. The van der Waals surface area contributed by atoms with E-state index in [1.165, 1.54) is 10.5 Å².